The molecule has 14 aromatic carbocycles. The van der Waals surface area contributed by atoms with Crippen molar-refractivity contribution in [3.63, 3.8) is 0 Å². The summed E-state index contributed by atoms with van der Waals surface area (Å²) in [5.41, 5.74) is 28.0. The van der Waals surface area contributed by atoms with Crippen LogP contribution in [0.1, 0.15) is 25.0 Å². The first kappa shape index (κ1) is 77.7. The quantitative estimate of drug-likeness (QED) is 0.0926. The van der Waals surface area contributed by atoms with Crippen molar-refractivity contribution in [2.75, 3.05) is 9.80 Å². The Hall–Kier alpha value is -14.9. The number of pyridine rings is 4. The van der Waals surface area contributed by atoms with Gasteiger partial charge in [0.15, 0.2) is 11.6 Å². The van der Waals surface area contributed by atoms with Crippen molar-refractivity contribution in [3.05, 3.63) is 436 Å². The molecular weight excluding hydrogens is 1880 g/mol. The van der Waals surface area contributed by atoms with Gasteiger partial charge in [0.05, 0.1) is 33.1 Å². The minimum atomic E-state index is -0.226. The molecule has 1 aliphatic rings. The van der Waals surface area contributed by atoms with E-state index in [0.29, 0.717) is 17.6 Å². The van der Waals surface area contributed by atoms with Crippen LogP contribution >= 0.6 is 0 Å². The third-order valence-electron chi connectivity index (χ3n) is 23.3. The molecule has 0 fully saturated rings. The maximum Gasteiger partial charge on any atom is 2.00 e. The van der Waals surface area contributed by atoms with Gasteiger partial charge in [-0.3, -0.25) is 4.57 Å². The van der Waals surface area contributed by atoms with Gasteiger partial charge in [-0.05, 0) is 183 Å². The third kappa shape index (κ3) is 14.0. The second-order valence-electron chi connectivity index (χ2n) is 30.9. The molecule has 0 aliphatic heterocycles. The fourth-order valence-corrected chi connectivity index (χ4v) is 17.6. The zero-order valence-electron chi connectivity index (χ0n) is 67.1. The fraction of sp³-hybridized carbons (Fsp3) is 0.0273. The van der Waals surface area contributed by atoms with Crippen molar-refractivity contribution in [2.45, 2.75) is 19.3 Å². The van der Waals surface area contributed by atoms with Crippen LogP contribution in [0.5, 0.6) is 0 Å². The molecule has 0 unspecified atom stereocenters. The minimum absolute atomic E-state index is 0. The number of hydrogen-bond donors (Lipinski definition) is 0. The first-order chi connectivity index (χ1) is 60.3. The molecule has 0 saturated carbocycles. The molecule has 8 heterocycles. The minimum Gasteiger partial charge on any atom is -0.346 e. The van der Waals surface area contributed by atoms with E-state index in [2.05, 4.69) is 324 Å². The summed E-state index contributed by atoms with van der Waals surface area (Å²) >= 11 is 0. The number of para-hydroxylation sites is 3. The van der Waals surface area contributed by atoms with Gasteiger partial charge in [-0.2, -0.15) is 9.97 Å². The van der Waals surface area contributed by atoms with Gasteiger partial charge in [0, 0.05) is 96.4 Å². The third-order valence-corrected chi connectivity index (χ3v) is 23.3. The largest absolute Gasteiger partial charge is 2.00 e. The zero-order chi connectivity index (χ0) is 81.2. The van der Waals surface area contributed by atoms with E-state index in [1.807, 2.05) is 158 Å². The van der Waals surface area contributed by atoms with Crippen molar-refractivity contribution >= 4 is 99.5 Å². The average Bonchev–Trinajstić information content (AvgIpc) is 1.55. The van der Waals surface area contributed by atoms with Crippen LogP contribution in [0, 0.1) is 24.3 Å². The normalized spacial score (nSPS) is 11.9. The Morgan fingerprint density at radius 3 is 1.10 bits per heavy atom. The van der Waals surface area contributed by atoms with Crippen molar-refractivity contribution in [3.8, 4) is 96.3 Å². The first-order valence-corrected chi connectivity index (χ1v) is 40.8. The molecule has 0 amide bonds. The van der Waals surface area contributed by atoms with Crippen molar-refractivity contribution in [1.82, 2.24) is 48.6 Å². The summed E-state index contributed by atoms with van der Waals surface area (Å²) in [4.78, 5) is 38.6. The Kier molecular flexibility index (Phi) is 20.6. The van der Waals surface area contributed by atoms with Gasteiger partial charge in [-0.15, -0.1) is 119 Å². The molecule has 592 valence electrons. The van der Waals surface area contributed by atoms with E-state index in [0.717, 1.165) is 134 Å². The molecule has 8 aromatic heterocycles. The summed E-state index contributed by atoms with van der Waals surface area (Å²) in [6.07, 6.45) is 7.26. The van der Waals surface area contributed by atoms with Crippen LogP contribution in [0.4, 0.5) is 34.1 Å². The molecule has 0 spiro atoms. The van der Waals surface area contributed by atoms with Crippen LogP contribution in [-0.2, 0) is 47.5 Å². The predicted octanol–water partition coefficient (Wildman–Crippen LogP) is 26.9. The fourth-order valence-electron chi connectivity index (χ4n) is 17.6. The number of anilines is 6. The van der Waals surface area contributed by atoms with Crippen molar-refractivity contribution < 1.29 is 42.1 Å². The molecule has 0 bridgehead atoms. The van der Waals surface area contributed by atoms with Gasteiger partial charge in [-0.1, -0.05) is 202 Å². The summed E-state index contributed by atoms with van der Waals surface area (Å²) in [6.45, 7) is 4.64. The molecule has 124 heavy (non-hydrogen) atoms. The van der Waals surface area contributed by atoms with Crippen LogP contribution in [0.2, 0.25) is 0 Å². The van der Waals surface area contributed by atoms with Crippen LogP contribution in [-0.4, -0.2) is 48.6 Å². The number of rotatable bonds is 15. The summed E-state index contributed by atoms with van der Waals surface area (Å²) in [5, 5.41) is 7.07. The van der Waals surface area contributed by atoms with Crippen LogP contribution < -0.4 is 9.80 Å². The Morgan fingerprint density at radius 1 is 0.258 bits per heavy atom. The monoisotopic (exact) mass is 1950 g/mol. The van der Waals surface area contributed by atoms with E-state index in [1.54, 1.807) is 0 Å². The van der Waals surface area contributed by atoms with E-state index in [-0.39, 0.29) is 47.5 Å². The smallest absolute Gasteiger partial charge is 0.346 e. The Balaban J connectivity index is 0.000000156. The molecule has 0 atom stereocenters. The second kappa shape index (κ2) is 32.9. The Morgan fingerprint density at radius 2 is 0.637 bits per heavy atom. The molecule has 22 aromatic rings. The van der Waals surface area contributed by atoms with Gasteiger partial charge in [-0.25, -0.2) is 4.98 Å². The predicted molar refractivity (Wildman–Crippen MR) is 495 cm³/mol. The molecule has 14 heteroatoms. The SMILES string of the molecule is CC1(C)c2ccccc2-c2cc3c4cc(N(c5[c-]c(-c6ccccn6)ccc5)c5[c-]c(-c6ccccn6)ccc5)ccc4n(-c4nc(-c5ccccc5)nc(-c5ccccc5)n4)c3cc21.[Pt+2].[Pt+2].[c-]1c(-c2ccccn2)cccc1N(c1[c-]c(-c2ccccn2)ccc1)c1ccc(-n2c3ccccc3c3cc4c5ccccc5n(-c5ccccc5)c4cc32)cc1. The Labute approximate surface area is 746 Å². The maximum absolute atomic E-state index is 5.28. The van der Waals surface area contributed by atoms with E-state index in [4.69, 9.17) is 15.0 Å². The van der Waals surface area contributed by atoms with Gasteiger partial charge < -0.3 is 38.9 Å². The maximum atomic E-state index is 5.28. The molecule has 0 radical (unpaired) electrons. The summed E-state index contributed by atoms with van der Waals surface area (Å²) in [5.74, 6) is 1.75. The molecule has 23 rings (SSSR count). The van der Waals surface area contributed by atoms with E-state index in [1.165, 1.54) is 54.8 Å². The van der Waals surface area contributed by atoms with Crippen LogP contribution in [0.15, 0.2) is 401 Å². The Bertz CT molecular complexity index is 7500. The molecule has 0 N–H and O–H groups in total. The zero-order valence-corrected chi connectivity index (χ0v) is 71.6. The van der Waals surface area contributed by atoms with Crippen LogP contribution in [0.3, 0.4) is 0 Å². The van der Waals surface area contributed by atoms with Gasteiger partial charge in [0.2, 0.25) is 5.95 Å². The second-order valence-corrected chi connectivity index (χ2v) is 30.9. The van der Waals surface area contributed by atoms with Crippen LogP contribution in [0.25, 0.3) is 162 Å². The van der Waals surface area contributed by atoms with Crippen molar-refractivity contribution in [1.29, 1.82) is 0 Å². The van der Waals surface area contributed by atoms with Gasteiger partial charge in [0.25, 0.3) is 0 Å². The summed E-state index contributed by atoms with van der Waals surface area (Å²) in [7, 11) is 0. The number of hydrogen-bond acceptors (Lipinski definition) is 9. The van der Waals surface area contributed by atoms with Gasteiger partial charge >= 0.3 is 42.1 Å². The number of aromatic nitrogens is 10. The number of benzene rings is 14. The van der Waals surface area contributed by atoms with Crippen molar-refractivity contribution in [2.24, 2.45) is 0 Å². The standard InChI is InChI=1S/C58H39N7.C52H33N5.2Pt/c1-58(2)49-26-10-9-25-45(49)46-36-48-47-35-44(64(42-23-15-21-40(33-42)51-27-11-13-31-59-51)43-24-16-22-41(34-43)52-28-12-14-32-60-52)29-30-53(47)65(54(48)37-50(46)58)57-62-55(38-17-5-3-6-18-38)61-56(63-57)39-19-7-4-8-20-39;1-2-16-38(17-3-1)56-49-24-6-4-20-43(49)45-34-46-44-21-5-7-25-50(44)57(52(46)35-51(45)56)40-28-26-39(27-29-40)55(41-18-12-14-36(32-41)47-22-8-10-30-53-47)42-19-13-15-37(33-42)48-23-9-11-31-54-48;;/h3-32,35-37H,1-2H3;1-31,34-35H;;/q2*-2;2*+2. The van der Waals surface area contributed by atoms with E-state index < -0.39 is 0 Å². The van der Waals surface area contributed by atoms with Gasteiger partial charge in [0.1, 0.15) is 0 Å². The summed E-state index contributed by atoms with van der Waals surface area (Å²) < 4.78 is 7.01. The molecule has 12 nitrogen and oxygen atoms in total. The van der Waals surface area contributed by atoms with E-state index in [9.17, 15) is 0 Å². The first-order valence-electron chi connectivity index (χ1n) is 40.8. The topological polar surface area (TPSA) is 112 Å². The molecular formula is C110H72N12Pt2. The average molecular weight is 1950 g/mol. The van der Waals surface area contributed by atoms with E-state index >= 15 is 0 Å². The number of fused-ring (bicyclic) bond motifs is 12. The molecule has 1 aliphatic carbocycles. The summed E-state index contributed by atoms with van der Waals surface area (Å²) in [6, 6.07) is 146. The number of nitrogens with zero attached hydrogens (tertiary/aromatic N) is 12. The molecule has 0 saturated heterocycles.